The second kappa shape index (κ2) is 5.48. The molecule has 3 heteroatoms. The Kier molecular flexibility index (Phi) is 3.65. The largest absolute Gasteiger partial charge is 0.465 e. The monoisotopic (exact) mass is 295 g/mol. The van der Waals surface area contributed by atoms with Gasteiger partial charge in [0.15, 0.2) is 0 Å². The zero-order valence-electron chi connectivity index (χ0n) is 13.3. The highest BCUT2D eigenvalue weighted by Gasteiger charge is 2.41. The molecule has 1 unspecified atom stereocenters. The van der Waals surface area contributed by atoms with Crippen LogP contribution in [0.15, 0.2) is 65.5 Å². The van der Waals surface area contributed by atoms with Gasteiger partial charge in [-0.05, 0) is 37.0 Å². The molecule has 22 heavy (non-hydrogen) atoms. The lowest BCUT2D eigenvalue weighted by atomic mass is 9.73. The quantitative estimate of drug-likeness (QED) is 0.800. The van der Waals surface area contributed by atoms with Gasteiger partial charge in [-0.15, -0.1) is 0 Å². The molecule has 1 atom stereocenters. The van der Waals surface area contributed by atoms with Gasteiger partial charge in [-0.3, -0.25) is 0 Å². The molecular formula is C19H21NO2. The molecule has 0 spiro atoms. The number of carbonyl (C=O) groups is 1. The molecule has 0 saturated carbocycles. The van der Waals surface area contributed by atoms with Gasteiger partial charge < -0.3 is 9.64 Å². The molecule has 3 rings (SSSR count). The summed E-state index contributed by atoms with van der Waals surface area (Å²) >= 11 is 0. The van der Waals surface area contributed by atoms with Crippen LogP contribution in [-0.2, 0) is 16.0 Å². The summed E-state index contributed by atoms with van der Waals surface area (Å²) < 4.78 is 4.84. The Morgan fingerprint density at radius 3 is 2.73 bits per heavy atom. The van der Waals surface area contributed by atoms with E-state index in [-0.39, 0.29) is 11.4 Å². The van der Waals surface area contributed by atoms with Crippen LogP contribution in [0, 0.1) is 5.41 Å². The van der Waals surface area contributed by atoms with Crippen molar-refractivity contribution < 1.29 is 9.53 Å². The van der Waals surface area contributed by atoms with E-state index in [1.165, 1.54) is 23.9 Å². The molecule has 0 saturated heterocycles. The summed E-state index contributed by atoms with van der Waals surface area (Å²) in [6.45, 7) is 2.25. The van der Waals surface area contributed by atoms with Crippen LogP contribution in [0.1, 0.15) is 18.9 Å². The normalized spacial score (nSPS) is 23.4. The number of hydrogen-bond acceptors (Lipinski definition) is 3. The molecule has 0 aromatic heterocycles. The molecule has 0 fully saturated rings. The van der Waals surface area contributed by atoms with Gasteiger partial charge in [0.05, 0.1) is 12.7 Å². The molecule has 1 aromatic carbocycles. The van der Waals surface area contributed by atoms with Crippen LogP contribution in [0.25, 0.3) is 0 Å². The average molecular weight is 295 g/mol. The van der Waals surface area contributed by atoms with Crippen LogP contribution in [0.5, 0.6) is 0 Å². The third-order valence-electron chi connectivity index (χ3n) is 4.68. The average Bonchev–Trinajstić information content (AvgIpc) is 2.78. The first-order chi connectivity index (χ1) is 10.5. The van der Waals surface area contributed by atoms with Gasteiger partial charge in [-0.25, -0.2) is 4.79 Å². The van der Waals surface area contributed by atoms with Crippen molar-refractivity contribution in [2.75, 3.05) is 14.2 Å². The Morgan fingerprint density at radius 2 is 2.05 bits per heavy atom. The van der Waals surface area contributed by atoms with Gasteiger partial charge in [0.25, 0.3) is 0 Å². The Balaban J connectivity index is 1.89. The maximum atomic E-state index is 11.8. The second-order valence-corrected chi connectivity index (χ2v) is 6.14. The number of benzene rings is 1. The lowest BCUT2D eigenvalue weighted by Gasteiger charge is -2.33. The highest BCUT2D eigenvalue weighted by molar-refractivity contribution is 5.92. The maximum Gasteiger partial charge on any atom is 0.337 e. The van der Waals surface area contributed by atoms with Crippen molar-refractivity contribution in [1.82, 2.24) is 4.90 Å². The minimum absolute atomic E-state index is 0.0396. The van der Waals surface area contributed by atoms with E-state index in [9.17, 15) is 4.79 Å². The van der Waals surface area contributed by atoms with Crippen LogP contribution in [0.4, 0.5) is 0 Å². The van der Waals surface area contributed by atoms with Crippen LogP contribution < -0.4 is 0 Å². The van der Waals surface area contributed by atoms with Gasteiger partial charge in [-0.1, -0.05) is 36.4 Å². The summed E-state index contributed by atoms with van der Waals surface area (Å²) in [4.78, 5) is 13.9. The van der Waals surface area contributed by atoms with E-state index in [0.29, 0.717) is 5.57 Å². The first-order valence-electron chi connectivity index (χ1n) is 7.53. The Morgan fingerprint density at radius 1 is 1.32 bits per heavy atom. The van der Waals surface area contributed by atoms with Crippen LogP contribution in [0.2, 0.25) is 0 Å². The molecule has 0 bridgehead atoms. The summed E-state index contributed by atoms with van der Waals surface area (Å²) in [6, 6.07) is 10.5. The number of fused-ring (bicyclic) bond motifs is 1. The molecule has 1 heterocycles. The molecule has 1 aromatic rings. The van der Waals surface area contributed by atoms with Crippen molar-refractivity contribution in [2.24, 2.45) is 5.41 Å². The standard InChI is InChI=1S/C19H21NO2/c1-19-10-9-15(18(21)22-3)12-17(19)20(2)13-16(19)11-14-7-5-4-6-8-14/h4-9,12-13H,10-11H2,1-3H3. The highest BCUT2D eigenvalue weighted by Crippen LogP contribution is 2.49. The van der Waals surface area contributed by atoms with Gasteiger partial charge in [-0.2, -0.15) is 0 Å². The Bertz CT molecular complexity index is 685. The van der Waals surface area contributed by atoms with Gasteiger partial charge in [0.1, 0.15) is 0 Å². The summed E-state index contributed by atoms with van der Waals surface area (Å²) in [5, 5.41) is 0. The van der Waals surface area contributed by atoms with E-state index in [2.05, 4.69) is 42.3 Å². The number of nitrogens with zero attached hydrogens (tertiary/aromatic N) is 1. The van der Waals surface area contributed by atoms with E-state index in [1.807, 2.05) is 25.3 Å². The fraction of sp³-hybridized carbons (Fsp3) is 0.316. The summed E-state index contributed by atoms with van der Waals surface area (Å²) in [6.07, 6.45) is 7.91. The predicted octanol–water partition coefficient (Wildman–Crippen LogP) is 3.45. The molecule has 114 valence electrons. The zero-order chi connectivity index (χ0) is 15.7. The van der Waals surface area contributed by atoms with Crippen molar-refractivity contribution >= 4 is 5.97 Å². The van der Waals surface area contributed by atoms with Crippen molar-refractivity contribution in [3.63, 3.8) is 0 Å². The van der Waals surface area contributed by atoms with Crippen molar-refractivity contribution in [1.29, 1.82) is 0 Å². The van der Waals surface area contributed by atoms with E-state index in [0.717, 1.165) is 12.8 Å². The van der Waals surface area contributed by atoms with Crippen LogP contribution in [-0.4, -0.2) is 25.0 Å². The number of methoxy groups -OCH3 is 1. The van der Waals surface area contributed by atoms with Gasteiger partial charge in [0.2, 0.25) is 0 Å². The molecule has 0 radical (unpaired) electrons. The molecule has 3 nitrogen and oxygen atoms in total. The third-order valence-corrected chi connectivity index (χ3v) is 4.68. The van der Waals surface area contributed by atoms with Gasteiger partial charge in [0, 0.05) is 24.4 Å². The number of allylic oxidation sites excluding steroid dienone is 2. The van der Waals surface area contributed by atoms with Gasteiger partial charge >= 0.3 is 5.97 Å². The summed E-state index contributed by atoms with van der Waals surface area (Å²) in [7, 11) is 3.47. The molecule has 0 N–H and O–H groups in total. The Hall–Kier alpha value is -2.29. The van der Waals surface area contributed by atoms with Crippen LogP contribution >= 0.6 is 0 Å². The minimum Gasteiger partial charge on any atom is -0.465 e. The second-order valence-electron chi connectivity index (χ2n) is 6.14. The molecule has 2 aliphatic rings. The van der Waals surface area contributed by atoms with E-state index in [4.69, 9.17) is 4.74 Å². The third kappa shape index (κ3) is 2.37. The maximum absolute atomic E-state index is 11.8. The van der Waals surface area contributed by atoms with E-state index in [1.54, 1.807) is 0 Å². The number of hydrogen-bond donors (Lipinski definition) is 0. The lowest BCUT2D eigenvalue weighted by Crippen LogP contribution is -2.26. The number of ether oxygens (including phenoxy) is 1. The smallest absolute Gasteiger partial charge is 0.337 e. The fourth-order valence-electron chi connectivity index (χ4n) is 3.33. The zero-order valence-corrected chi connectivity index (χ0v) is 13.3. The predicted molar refractivity (Wildman–Crippen MR) is 86.9 cm³/mol. The van der Waals surface area contributed by atoms with Crippen molar-refractivity contribution in [3.8, 4) is 0 Å². The van der Waals surface area contributed by atoms with Crippen LogP contribution in [0.3, 0.4) is 0 Å². The lowest BCUT2D eigenvalue weighted by molar-refractivity contribution is -0.135. The van der Waals surface area contributed by atoms with E-state index < -0.39 is 0 Å². The number of esters is 1. The summed E-state index contributed by atoms with van der Waals surface area (Å²) in [5.41, 5.74) is 4.47. The molecule has 1 aliphatic heterocycles. The number of carbonyl (C=O) groups excluding carboxylic acids is 1. The van der Waals surface area contributed by atoms with Crippen molar-refractivity contribution in [3.05, 3.63) is 71.1 Å². The molecule has 1 aliphatic carbocycles. The fourth-order valence-corrected chi connectivity index (χ4v) is 3.33. The first-order valence-corrected chi connectivity index (χ1v) is 7.53. The topological polar surface area (TPSA) is 29.5 Å². The Labute approximate surface area is 131 Å². The van der Waals surface area contributed by atoms with Crippen molar-refractivity contribution in [2.45, 2.75) is 19.8 Å². The highest BCUT2D eigenvalue weighted by atomic mass is 16.5. The van der Waals surface area contributed by atoms with E-state index >= 15 is 0 Å². The molecular weight excluding hydrogens is 274 g/mol. The minimum atomic E-state index is -0.264. The summed E-state index contributed by atoms with van der Waals surface area (Å²) in [5.74, 6) is -0.264. The molecule has 0 amide bonds. The number of rotatable bonds is 3. The first kappa shape index (κ1) is 14.6. The SMILES string of the molecule is COC(=O)C1=CCC2(C)C(Cc3ccccc3)=CN(C)C2=C1.